The molecule has 2 rings (SSSR count). The minimum Gasteiger partial charge on any atom is -0.497 e. The molecule has 0 bridgehead atoms. The van der Waals surface area contributed by atoms with E-state index >= 15 is 0 Å². The summed E-state index contributed by atoms with van der Waals surface area (Å²) >= 11 is 2.35. The van der Waals surface area contributed by atoms with Crippen LogP contribution in [-0.4, -0.2) is 24.2 Å². The molecule has 1 fully saturated rings. The van der Waals surface area contributed by atoms with Gasteiger partial charge in [0.25, 0.3) is 0 Å². The van der Waals surface area contributed by atoms with Crippen molar-refractivity contribution in [2.75, 3.05) is 18.1 Å². The van der Waals surface area contributed by atoms with E-state index in [2.05, 4.69) is 22.6 Å². The lowest BCUT2D eigenvalue weighted by Gasteiger charge is -2.29. The van der Waals surface area contributed by atoms with Crippen molar-refractivity contribution in [2.45, 2.75) is 18.8 Å². The zero-order chi connectivity index (χ0) is 11.4. The molecule has 0 amide bonds. The largest absolute Gasteiger partial charge is 0.497 e. The molecular formula is C12H15IO3. The summed E-state index contributed by atoms with van der Waals surface area (Å²) in [7, 11) is 1.66. The Labute approximate surface area is 109 Å². The van der Waals surface area contributed by atoms with Crippen LogP contribution in [0.3, 0.4) is 0 Å². The number of rotatable bonds is 3. The number of hydrogen-bond donors (Lipinski definition) is 0. The van der Waals surface area contributed by atoms with Crippen molar-refractivity contribution < 1.29 is 14.2 Å². The molecule has 2 atom stereocenters. The summed E-state index contributed by atoms with van der Waals surface area (Å²) in [6.07, 6.45) is 1.07. The van der Waals surface area contributed by atoms with Crippen molar-refractivity contribution in [2.24, 2.45) is 0 Å². The second kappa shape index (κ2) is 5.84. The van der Waals surface area contributed by atoms with Gasteiger partial charge >= 0.3 is 0 Å². The van der Waals surface area contributed by atoms with E-state index in [-0.39, 0.29) is 6.29 Å². The standard InChI is InChI=1S/C12H15IO3/c1-14-10-4-2-9(3-5-10)12-15-7-6-11(8-13)16-12/h2-5,11-12H,6-8H2,1H3/t11-,12+/m0/s1. The van der Waals surface area contributed by atoms with Crippen LogP contribution in [0.5, 0.6) is 5.75 Å². The molecule has 0 aliphatic carbocycles. The average Bonchev–Trinajstić information content (AvgIpc) is 2.39. The van der Waals surface area contributed by atoms with Gasteiger partial charge in [-0.05, 0) is 18.6 Å². The molecule has 1 heterocycles. The van der Waals surface area contributed by atoms with E-state index in [0.717, 1.165) is 28.8 Å². The molecular weight excluding hydrogens is 319 g/mol. The van der Waals surface area contributed by atoms with E-state index in [1.165, 1.54) is 0 Å². The molecule has 0 N–H and O–H groups in total. The SMILES string of the molecule is COc1ccc([C@@H]2OCC[C@@H](CI)O2)cc1. The Kier molecular flexibility index (Phi) is 4.43. The van der Waals surface area contributed by atoms with Gasteiger partial charge in [-0.3, -0.25) is 0 Å². The van der Waals surface area contributed by atoms with Crippen LogP contribution in [0.1, 0.15) is 18.3 Å². The molecule has 1 aromatic rings. The van der Waals surface area contributed by atoms with Crippen molar-refractivity contribution in [3.05, 3.63) is 29.8 Å². The third kappa shape index (κ3) is 2.87. The smallest absolute Gasteiger partial charge is 0.184 e. The normalized spacial score (nSPS) is 25.4. The third-order valence-electron chi connectivity index (χ3n) is 2.59. The van der Waals surface area contributed by atoms with Crippen molar-refractivity contribution in [3.8, 4) is 5.75 Å². The molecule has 0 aromatic heterocycles. The Balaban J connectivity index is 2.05. The zero-order valence-corrected chi connectivity index (χ0v) is 11.3. The number of hydrogen-bond acceptors (Lipinski definition) is 3. The van der Waals surface area contributed by atoms with Crippen molar-refractivity contribution in [1.29, 1.82) is 0 Å². The highest BCUT2D eigenvalue weighted by Gasteiger charge is 2.23. The summed E-state index contributed by atoms with van der Waals surface area (Å²) in [6.45, 7) is 0.768. The highest BCUT2D eigenvalue weighted by Crippen LogP contribution is 2.28. The van der Waals surface area contributed by atoms with Gasteiger partial charge in [-0.25, -0.2) is 0 Å². The third-order valence-corrected chi connectivity index (χ3v) is 3.57. The molecule has 16 heavy (non-hydrogen) atoms. The lowest BCUT2D eigenvalue weighted by Crippen LogP contribution is -2.27. The maximum Gasteiger partial charge on any atom is 0.184 e. The van der Waals surface area contributed by atoms with Crippen LogP contribution in [0.15, 0.2) is 24.3 Å². The Morgan fingerprint density at radius 2 is 2.12 bits per heavy atom. The molecule has 0 radical (unpaired) electrons. The van der Waals surface area contributed by atoms with Crippen molar-refractivity contribution in [3.63, 3.8) is 0 Å². The van der Waals surface area contributed by atoms with Gasteiger partial charge in [0.2, 0.25) is 0 Å². The van der Waals surface area contributed by atoms with Gasteiger partial charge in [-0.2, -0.15) is 0 Å². The molecule has 1 aliphatic heterocycles. The number of alkyl halides is 1. The van der Waals surface area contributed by atoms with Crippen LogP contribution >= 0.6 is 22.6 Å². The topological polar surface area (TPSA) is 27.7 Å². The lowest BCUT2D eigenvalue weighted by atomic mass is 10.2. The Bertz CT molecular complexity index is 326. The Morgan fingerprint density at radius 1 is 1.38 bits per heavy atom. The van der Waals surface area contributed by atoms with Crippen molar-refractivity contribution in [1.82, 2.24) is 0 Å². The van der Waals surface area contributed by atoms with E-state index in [1.54, 1.807) is 7.11 Å². The maximum absolute atomic E-state index is 5.82. The van der Waals surface area contributed by atoms with Gasteiger partial charge in [0.15, 0.2) is 6.29 Å². The van der Waals surface area contributed by atoms with Crippen LogP contribution in [-0.2, 0) is 9.47 Å². The first kappa shape index (κ1) is 12.1. The van der Waals surface area contributed by atoms with Gasteiger partial charge in [-0.15, -0.1) is 0 Å². The molecule has 88 valence electrons. The van der Waals surface area contributed by atoms with Crippen molar-refractivity contribution >= 4 is 22.6 Å². The lowest BCUT2D eigenvalue weighted by molar-refractivity contribution is -0.210. The number of ether oxygens (including phenoxy) is 3. The van der Waals surface area contributed by atoms with Crippen LogP contribution in [0.4, 0.5) is 0 Å². The van der Waals surface area contributed by atoms with Gasteiger partial charge in [-0.1, -0.05) is 34.7 Å². The van der Waals surface area contributed by atoms with Gasteiger partial charge in [0, 0.05) is 9.99 Å². The fourth-order valence-corrected chi connectivity index (χ4v) is 2.29. The van der Waals surface area contributed by atoms with Gasteiger partial charge in [0.1, 0.15) is 5.75 Å². The molecule has 0 saturated carbocycles. The summed E-state index contributed by atoms with van der Waals surface area (Å²) in [5.74, 6) is 0.852. The average molecular weight is 334 g/mol. The first-order chi connectivity index (χ1) is 7.83. The Hall–Kier alpha value is -0.330. The summed E-state index contributed by atoms with van der Waals surface area (Å²) in [6, 6.07) is 7.82. The van der Waals surface area contributed by atoms with E-state index < -0.39 is 0 Å². The van der Waals surface area contributed by atoms with Crippen LogP contribution in [0, 0.1) is 0 Å². The molecule has 4 heteroatoms. The minimum absolute atomic E-state index is 0.223. The van der Waals surface area contributed by atoms with Gasteiger partial charge in [0.05, 0.1) is 19.8 Å². The number of halogens is 1. The summed E-state index contributed by atoms with van der Waals surface area (Å²) in [5.41, 5.74) is 1.05. The highest BCUT2D eigenvalue weighted by atomic mass is 127. The summed E-state index contributed by atoms with van der Waals surface area (Å²) < 4.78 is 17.6. The molecule has 0 unspecified atom stereocenters. The Morgan fingerprint density at radius 3 is 2.75 bits per heavy atom. The second-order valence-corrected chi connectivity index (χ2v) is 4.56. The van der Waals surface area contributed by atoms with E-state index in [4.69, 9.17) is 14.2 Å². The molecule has 0 spiro atoms. The summed E-state index contributed by atoms with van der Waals surface area (Å²) in [4.78, 5) is 0. The fraction of sp³-hybridized carbons (Fsp3) is 0.500. The molecule has 3 nitrogen and oxygen atoms in total. The van der Waals surface area contributed by atoms with Crippen LogP contribution < -0.4 is 4.74 Å². The molecule has 1 saturated heterocycles. The number of methoxy groups -OCH3 is 1. The molecule has 1 aliphatic rings. The quantitative estimate of drug-likeness (QED) is 0.628. The molecule has 1 aromatic carbocycles. The van der Waals surface area contributed by atoms with Gasteiger partial charge < -0.3 is 14.2 Å². The van der Waals surface area contributed by atoms with E-state index in [0.29, 0.717) is 6.10 Å². The number of benzene rings is 1. The van der Waals surface area contributed by atoms with Crippen LogP contribution in [0.2, 0.25) is 0 Å². The minimum atomic E-state index is -0.223. The second-order valence-electron chi connectivity index (χ2n) is 3.68. The van der Waals surface area contributed by atoms with Crippen LogP contribution in [0.25, 0.3) is 0 Å². The summed E-state index contributed by atoms with van der Waals surface area (Å²) in [5, 5.41) is 0. The predicted octanol–water partition coefficient (Wildman–Crippen LogP) is 2.93. The fourth-order valence-electron chi connectivity index (χ4n) is 1.64. The first-order valence-corrected chi connectivity index (χ1v) is 6.83. The van der Waals surface area contributed by atoms with E-state index in [9.17, 15) is 0 Å². The highest BCUT2D eigenvalue weighted by molar-refractivity contribution is 14.1. The predicted molar refractivity (Wildman–Crippen MR) is 70.1 cm³/mol. The monoisotopic (exact) mass is 334 g/mol. The first-order valence-electron chi connectivity index (χ1n) is 5.30. The van der Waals surface area contributed by atoms with E-state index in [1.807, 2.05) is 24.3 Å². The zero-order valence-electron chi connectivity index (χ0n) is 9.19. The maximum atomic E-state index is 5.82.